The van der Waals surface area contributed by atoms with Gasteiger partial charge in [0.15, 0.2) is 5.76 Å². The molecule has 170 valence electrons. The van der Waals surface area contributed by atoms with Gasteiger partial charge in [-0.25, -0.2) is 4.39 Å². The fourth-order valence-corrected chi connectivity index (χ4v) is 4.25. The van der Waals surface area contributed by atoms with Crippen molar-refractivity contribution in [2.24, 2.45) is 5.92 Å². The molecule has 7 heteroatoms. The summed E-state index contributed by atoms with van der Waals surface area (Å²) in [5.41, 5.74) is 0.832. The number of aryl methyl sites for hydroxylation is 1. The molecule has 0 spiro atoms. The van der Waals surface area contributed by atoms with E-state index in [-0.39, 0.29) is 35.9 Å². The van der Waals surface area contributed by atoms with E-state index >= 15 is 0 Å². The van der Waals surface area contributed by atoms with E-state index in [2.05, 4.69) is 13.8 Å². The van der Waals surface area contributed by atoms with E-state index in [9.17, 15) is 14.0 Å². The van der Waals surface area contributed by atoms with E-state index in [1.165, 1.54) is 23.3 Å². The van der Waals surface area contributed by atoms with Gasteiger partial charge in [0.1, 0.15) is 12.4 Å². The second-order valence-corrected chi connectivity index (χ2v) is 9.44. The Balaban J connectivity index is 1.81. The van der Waals surface area contributed by atoms with Crippen LogP contribution in [0.25, 0.3) is 0 Å². The van der Waals surface area contributed by atoms with Crippen LogP contribution in [0.2, 0.25) is 0 Å². The molecule has 0 saturated heterocycles. The summed E-state index contributed by atoms with van der Waals surface area (Å²) in [5, 5.41) is 0. The first kappa shape index (κ1) is 23.7. The van der Waals surface area contributed by atoms with Gasteiger partial charge in [0.05, 0.1) is 12.8 Å². The van der Waals surface area contributed by atoms with Crippen molar-refractivity contribution in [1.82, 2.24) is 9.80 Å². The summed E-state index contributed by atoms with van der Waals surface area (Å²) in [5.74, 6) is -0.308. The predicted octanol–water partition coefficient (Wildman–Crippen LogP) is 5.51. The Labute approximate surface area is 192 Å². The van der Waals surface area contributed by atoms with Gasteiger partial charge in [-0.05, 0) is 54.8 Å². The normalized spacial score (nSPS) is 11.9. The fourth-order valence-electron chi connectivity index (χ4n) is 3.34. The van der Waals surface area contributed by atoms with Gasteiger partial charge in [-0.3, -0.25) is 9.59 Å². The number of hydrogen-bond donors (Lipinski definition) is 0. The standard InChI is InChI=1S/C25H29FN2O3S/c1-4-18(2)14-28(25(30)23-6-5-13-31-23)17-24(29)27(16-22-12-7-19(3)32-22)15-20-8-10-21(26)11-9-20/h5-13,18H,4,14-17H2,1-3H3/t18-/m0/s1. The van der Waals surface area contributed by atoms with Crippen molar-refractivity contribution in [2.75, 3.05) is 13.1 Å². The first-order valence-electron chi connectivity index (χ1n) is 10.8. The molecular weight excluding hydrogens is 427 g/mol. The maximum Gasteiger partial charge on any atom is 0.290 e. The number of halogens is 1. The van der Waals surface area contributed by atoms with Gasteiger partial charge >= 0.3 is 0 Å². The molecule has 3 rings (SSSR count). The van der Waals surface area contributed by atoms with Crippen LogP contribution in [0.3, 0.4) is 0 Å². The Morgan fingerprint density at radius 2 is 1.81 bits per heavy atom. The molecule has 1 atom stereocenters. The molecule has 0 aliphatic heterocycles. The van der Waals surface area contributed by atoms with Crippen LogP contribution in [0.1, 0.15) is 46.1 Å². The number of furan rings is 1. The smallest absolute Gasteiger partial charge is 0.290 e. The summed E-state index contributed by atoms with van der Waals surface area (Å²) in [6.45, 7) is 7.32. The maximum absolute atomic E-state index is 13.4. The van der Waals surface area contributed by atoms with Crippen LogP contribution in [0.5, 0.6) is 0 Å². The molecule has 2 aromatic heterocycles. The second kappa shape index (κ2) is 11.1. The molecule has 32 heavy (non-hydrogen) atoms. The number of benzene rings is 1. The molecule has 0 aliphatic rings. The summed E-state index contributed by atoms with van der Waals surface area (Å²) in [4.78, 5) is 31.9. The lowest BCUT2D eigenvalue weighted by Crippen LogP contribution is -2.44. The average molecular weight is 457 g/mol. The highest BCUT2D eigenvalue weighted by molar-refractivity contribution is 7.11. The molecule has 0 saturated carbocycles. The summed E-state index contributed by atoms with van der Waals surface area (Å²) in [7, 11) is 0. The molecule has 2 heterocycles. The monoisotopic (exact) mass is 456 g/mol. The van der Waals surface area contributed by atoms with Crippen molar-refractivity contribution in [3.63, 3.8) is 0 Å². The fraction of sp³-hybridized carbons (Fsp3) is 0.360. The summed E-state index contributed by atoms with van der Waals surface area (Å²) in [6, 6.07) is 13.5. The molecule has 0 radical (unpaired) electrons. The van der Waals surface area contributed by atoms with Crippen molar-refractivity contribution in [1.29, 1.82) is 0 Å². The second-order valence-electron chi connectivity index (χ2n) is 8.07. The Hall–Kier alpha value is -2.93. The minimum atomic E-state index is -0.315. The molecule has 0 unspecified atom stereocenters. The molecule has 5 nitrogen and oxygen atoms in total. The first-order valence-corrected chi connectivity index (χ1v) is 11.6. The Morgan fingerprint density at radius 3 is 2.41 bits per heavy atom. The summed E-state index contributed by atoms with van der Waals surface area (Å²) < 4.78 is 18.6. The number of amides is 2. The zero-order chi connectivity index (χ0) is 23.1. The molecular formula is C25H29FN2O3S. The SMILES string of the molecule is CC[C@H](C)CN(CC(=O)N(Cc1ccc(F)cc1)Cc1ccc(C)s1)C(=O)c1ccco1. The van der Waals surface area contributed by atoms with E-state index in [0.717, 1.165) is 16.9 Å². The van der Waals surface area contributed by atoms with Crippen molar-refractivity contribution in [3.05, 3.63) is 81.7 Å². The number of rotatable bonds is 10. The van der Waals surface area contributed by atoms with Crippen LogP contribution in [-0.2, 0) is 17.9 Å². The number of nitrogens with zero attached hydrogens (tertiary/aromatic N) is 2. The highest BCUT2D eigenvalue weighted by Crippen LogP contribution is 2.20. The van der Waals surface area contributed by atoms with Crippen molar-refractivity contribution < 1.29 is 18.4 Å². The lowest BCUT2D eigenvalue weighted by Gasteiger charge is -2.28. The van der Waals surface area contributed by atoms with Crippen LogP contribution in [0.15, 0.2) is 59.2 Å². The Morgan fingerprint density at radius 1 is 1.06 bits per heavy atom. The van der Waals surface area contributed by atoms with Crippen molar-refractivity contribution in [2.45, 2.75) is 40.3 Å². The average Bonchev–Trinajstić information content (AvgIpc) is 3.45. The Bertz CT molecular complexity index is 1010. The van der Waals surface area contributed by atoms with Gasteiger partial charge in [-0.2, -0.15) is 0 Å². The van der Waals surface area contributed by atoms with Crippen LogP contribution >= 0.6 is 11.3 Å². The van der Waals surface area contributed by atoms with Crippen LogP contribution in [0, 0.1) is 18.7 Å². The first-order chi connectivity index (χ1) is 15.4. The zero-order valence-corrected chi connectivity index (χ0v) is 19.5. The quantitative estimate of drug-likeness (QED) is 0.404. The lowest BCUT2D eigenvalue weighted by molar-refractivity contribution is -0.133. The molecule has 0 aliphatic carbocycles. The van der Waals surface area contributed by atoms with Gasteiger partial charge < -0.3 is 14.2 Å². The van der Waals surface area contributed by atoms with Gasteiger partial charge in [0.25, 0.3) is 5.91 Å². The minimum Gasteiger partial charge on any atom is -0.459 e. The number of carbonyl (C=O) groups is 2. The van der Waals surface area contributed by atoms with Gasteiger partial charge in [-0.15, -0.1) is 11.3 Å². The van der Waals surface area contributed by atoms with Crippen LogP contribution < -0.4 is 0 Å². The number of carbonyl (C=O) groups excluding carboxylic acids is 2. The van der Waals surface area contributed by atoms with Crippen LogP contribution in [0.4, 0.5) is 4.39 Å². The number of thiophene rings is 1. The molecule has 3 aromatic rings. The van der Waals surface area contributed by atoms with Gasteiger partial charge in [0.2, 0.25) is 5.91 Å². The molecule has 0 N–H and O–H groups in total. The molecule has 2 amide bonds. The summed E-state index contributed by atoms with van der Waals surface area (Å²) in [6.07, 6.45) is 2.35. The van der Waals surface area contributed by atoms with Gasteiger partial charge in [0, 0.05) is 22.8 Å². The topological polar surface area (TPSA) is 53.8 Å². The van der Waals surface area contributed by atoms with Crippen molar-refractivity contribution in [3.8, 4) is 0 Å². The van der Waals surface area contributed by atoms with Crippen molar-refractivity contribution >= 4 is 23.2 Å². The van der Waals surface area contributed by atoms with E-state index in [4.69, 9.17) is 4.42 Å². The third-order valence-electron chi connectivity index (χ3n) is 5.36. The molecule has 0 fully saturated rings. The highest BCUT2D eigenvalue weighted by atomic mass is 32.1. The highest BCUT2D eigenvalue weighted by Gasteiger charge is 2.25. The maximum atomic E-state index is 13.4. The van der Waals surface area contributed by atoms with Crippen LogP contribution in [-0.4, -0.2) is 34.7 Å². The zero-order valence-electron chi connectivity index (χ0n) is 18.7. The molecule has 0 bridgehead atoms. The molecule has 1 aromatic carbocycles. The Kier molecular flexibility index (Phi) is 8.22. The summed E-state index contributed by atoms with van der Waals surface area (Å²) >= 11 is 1.63. The number of hydrogen-bond acceptors (Lipinski definition) is 4. The van der Waals surface area contributed by atoms with E-state index in [1.54, 1.807) is 45.4 Å². The van der Waals surface area contributed by atoms with E-state index < -0.39 is 0 Å². The van der Waals surface area contributed by atoms with E-state index in [0.29, 0.717) is 19.6 Å². The van der Waals surface area contributed by atoms with E-state index in [1.807, 2.05) is 19.1 Å². The largest absolute Gasteiger partial charge is 0.459 e. The predicted molar refractivity (Wildman–Crippen MR) is 124 cm³/mol. The third-order valence-corrected chi connectivity index (χ3v) is 6.34. The van der Waals surface area contributed by atoms with Gasteiger partial charge in [-0.1, -0.05) is 32.4 Å². The lowest BCUT2D eigenvalue weighted by atomic mass is 10.1. The minimum absolute atomic E-state index is 0.0462. The third kappa shape index (κ3) is 6.53.